The van der Waals surface area contributed by atoms with Gasteiger partial charge >= 0.3 is 0 Å². The molecule has 3 unspecified atom stereocenters. The topological polar surface area (TPSA) is 58.6 Å². The van der Waals surface area contributed by atoms with Crippen molar-refractivity contribution < 1.29 is 9.53 Å². The summed E-state index contributed by atoms with van der Waals surface area (Å²) in [6.45, 7) is 13.9. The van der Waals surface area contributed by atoms with Crippen LogP contribution in [0.5, 0.6) is 0 Å². The summed E-state index contributed by atoms with van der Waals surface area (Å²) in [7, 11) is 0. The molecule has 0 N–H and O–H groups in total. The standard InChI is InChI=1S/C21H30N4O2S/c1-12-9-24(10-13(2)27-12)11-17-7-6-8-25(17)21(26)19-14(3)18-15(4)22-16(5)23-20(18)28-19/h12-13,17H,6-11H2,1-5H3. The van der Waals surface area contributed by atoms with E-state index in [2.05, 4.69) is 33.6 Å². The molecular formula is C21H30N4O2S. The minimum absolute atomic E-state index is 0.161. The van der Waals surface area contributed by atoms with Gasteiger partial charge in [0, 0.05) is 43.3 Å². The number of carbonyl (C=O) groups is 1. The maximum Gasteiger partial charge on any atom is 0.264 e. The molecule has 3 atom stereocenters. The van der Waals surface area contributed by atoms with Crippen molar-refractivity contribution in [3.05, 3.63) is 22.0 Å². The van der Waals surface area contributed by atoms with E-state index in [1.54, 1.807) is 0 Å². The highest BCUT2D eigenvalue weighted by molar-refractivity contribution is 7.20. The van der Waals surface area contributed by atoms with Crippen molar-refractivity contribution in [2.45, 2.75) is 65.7 Å². The van der Waals surface area contributed by atoms with Gasteiger partial charge in [-0.05, 0) is 53.0 Å². The maximum absolute atomic E-state index is 13.5. The predicted octanol–water partition coefficient (Wildman–Crippen LogP) is 3.33. The molecule has 2 saturated heterocycles. The van der Waals surface area contributed by atoms with Crippen molar-refractivity contribution in [2.24, 2.45) is 0 Å². The van der Waals surface area contributed by atoms with Gasteiger partial charge in [0.2, 0.25) is 0 Å². The first-order chi connectivity index (χ1) is 13.3. The normalized spacial score (nSPS) is 26.3. The summed E-state index contributed by atoms with van der Waals surface area (Å²) in [5.41, 5.74) is 1.99. The molecule has 6 nitrogen and oxygen atoms in total. The van der Waals surface area contributed by atoms with Crippen LogP contribution in [0.4, 0.5) is 0 Å². The average Bonchev–Trinajstić information content (AvgIpc) is 3.18. The lowest BCUT2D eigenvalue weighted by Crippen LogP contribution is -2.50. The van der Waals surface area contributed by atoms with Gasteiger partial charge in [0.25, 0.3) is 5.91 Å². The molecule has 4 rings (SSSR count). The highest BCUT2D eigenvalue weighted by Crippen LogP contribution is 2.33. The van der Waals surface area contributed by atoms with Crippen LogP contribution in [0.3, 0.4) is 0 Å². The zero-order valence-electron chi connectivity index (χ0n) is 17.5. The van der Waals surface area contributed by atoms with Gasteiger partial charge in [0.1, 0.15) is 10.7 Å². The Morgan fingerprint density at radius 3 is 2.61 bits per heavy atom. The van der Waals surface area contributed by atoms with Crippen LogP contribution in [0.2, 0.25) is 0 Å². The zero-order chi connectivity index (χ0) is 20.0. The Morgan fingerprint density at radius 1 is 1.18 bits per heavy atom. The van der Waals surface area contributed by atoms with E-state index in [1.165, 1.54) is 11.3 Å². The molecule has 2 aromatic heterocycles. The minimum atomic E-state index is 0.161. The van der Waals surface area contributed by atoms with Gasteiger partial charge in [-0.2, -0.15) is 0 Å². The smallest absolute Gasteiger partial charge is 0.264 e. The molecule has 2 aliphatic heterocycles. The van der Waals surface area contributed by atoms with Gasteiger partial charge in [-0.3, -0.25) is 9.69 Å². The van der Waals surface area contributed by atoms with E-state index in [-0.39, 0.29) is 24.2 Å². The number of amides is 1. The summed E-state index contributed by atoms with van der Waals surface area (Å²) >= 11 is 1.52. The fourth-order valence-electron chi connectivity index (χ4n) is 4.83. The molecule has 2 aliphatic rings. The van der Waals surface area contributed by atoms with Crippen LogP contribution in [0, 0.1) is 20.8 Å². The van der Waals surface area contributed by atoms with Crippen LogP contribution in [0.25, 0.3) is 10.2 Å². The summed E-state index contributed by atoms with van der Waals surface area (Å²) in [4.78, 5) is 28.8. The number of nitrogens with zero attached hydrogens (tertiary/aromatic N) is 4. The molecule has 0 aromatic carbocycles. The predicted molar refractivity (Wildman–Crippen MR) is 112 cm³/mol. The van der Waals surface area contributed by atoms with E-state index in [4.69, 9.17) is 4.74 Å². The van der Waals surface area contributed by atoms with Gasteiger partial charge in [-0.1, -0.05) is 0 Å². The number of aryl methyl sites for hydroxylation is 3. The molecule has 2 fully saturated rings. The molecule has 28 heavy (non-hydrogen) atoms. The van der Waals surface area contributed by atoms with Crippen molar-refractivity contribution >= 4 is 27.5 Å². The fourth-order valence-corrected chi connectivity index (χ4v) is 6.07. The third-order valence-electron chi connectivity index (χ3n) is 5.88. The lowest BCUT2D eigenvalue weighted by molar-refractivity contribution is -0.0715. The Hall–Kier alpha value is -1.57. The number of fused-ring (bicyclic) bond motifs is 1. The molecule has 2 aromatic rings. The first kappa shape index (κ1) is 19.7. The van der Waals surface area contributed by atoms with E-state index in [0.717, 1.165) is 71.2 Å². The summed E-state index contributed by atoms with van der Waals surface area (Å²) < 4.78 is 5.86. The highest BCUT2D eigenvalue weighted by Gasteiger charge is 2.34. The summed E-state index contributed by atoms with van der Waals surface area (Å²) in [6.07, 6.45) is 2.66. The Morgan fingerprint density at radius 2 is 1.89 bits per heavy atom. The minimum Gasteiger partial charge on any atom is -0.373 e. The Labute approximate surface area is 170 Å². The van der Waals surface area contributed by atoms with Crippen molar-refractivity contribution in [2.75, 3.05) is 26.2 Å². The lowest BCUT2D eigenvalue weighted by Gasteiger charge is -2.38. The molecule has 152 valence electrons. The molecule has 0 radical (unpaired) electrons. The number of rotatable bonds is 3. The monoisotopic (exact) mass is 402 g/mol. The summed E-state index contributed by atoms with van der Waals surface area (Å²) in [5, 5.41) is 1.05. The van der Waals surface area contributed by atoms with Gasteiger partial charge in [0.05, 0.1) is 17.1 Å². The third kappa shape index (κ3) is 3.67. The number of hydrogen-bond donors (Lipinski definition) is 0. The fraction of sp³-hybridized carbons (Fsp3) is 0.667. The van der Waals surface area contributed by atoms with Crippen LogP contribution < -0.4 is 0 Å². The number of aromatic nitrogens is 2. The molecule has 0 aliphatic carbocycles. The number of carbonyl (C=O) groups excluding carboxylic acids is 1. The van der Waals surface area contributed by atoms with Gasteiger partial charge < -0.3 is 9.64 Å². The van der Waals surface area contributed by atoms with Gasteiger partial charge in [0.15, 0.2) is 0 Å². The number of likely N-dealkylation sites (tertiary alicyclic amines) is 1. The summed E-state index contributed by atoms with van der Waals surface area (Å²) in [6, 6.07) is 0.281. The molecular weight excluding hydrogens is 372 g/mol. The first-order valence-electron chi connectivity index (χ1n) is 10.3. The zero-order valence-corrected chi connectivity index (χ0v) is 18.3. The molecule has 0 spiro atoms. The van der Waals surface area contributed by atoms with Crippen LogP contribution in [-0.4, -0.2) is 70.1 Å². The highest BCUT2D eigenvalue weighted by atomic mass is 32.1. The number of thiophene rings is 1. The van der Waals surface area contributed by atoms with Crippen molar-refractivity contribution in [3.8, 4) is 0 Å². The number of ether oxygens (including phenoxy) is 1. The summed E-state index contributed by atoms with van der Waals surface area (Å²) in [5.74, 6) is 0.925. The van der Waals surface area contributed by atoms with E-state index < -0.39 is 0 Å². The second-order valence-corrected chi connectivity index (χ2v) is 9.36. The number of morpholine rings is 1. The number of hydrogen-bond acceptors (Lipinski definition) is 6. The van der Waals surface area contributed by atoms with Gasteiger partial charge in [-0.15, -0.1) is 11.3 Å². The lowest BCUT2D eigenvalue weighted by atomic mass is 10.1. The van der Waals surface area contributed by atoms with Crippen molar-refractivity contribution in [3.63, 3.8) is 0 Å². The maximum atomic E-state index is 13.5. The van der Waals surface area contributed by atoms with Crippen LogP contribution in [-0.2, 0) is 4.74 Å². The quantitative estimate of drug-likeness (QED) is 0.788. The Bertz CT molecular complexity index is 886. The first-order valence-corrected chi connectivity index (χ1v) is 11.1. The van der Waals surface area contributed by atoms with E-state index in [0.29, 0.717) is 0 Å². The Balaban J connectivity index is 1.56. The molecule has 4 heterocycles. The van der Waals surface area contributed by atoms with Crippen LogP contribution in [0.1, 0.15) is 53.4 Å². The SMILES string of the molecule is Cc1nc(C)c2c(C)c(C(=O)N3CCCC3CN3CC(C)OC(C)C3)sc2n1. The Kier molecular flexibility index (Phi) is 5.42. The van der Waals surface area contributed by atoms with Crippen molar-refractivity contribution in [1.29, 1.82) is 0 Å². The van der Waals surface area contributed by atoms with Crippen molar-refractivity contribution in [1.82, 2.24) is 19.8 Å². The molecule has 0 bridgehead atoms. The van der Waals surface area contributed by atoms with Crippen LogP contribution >= 0.6 is 11.3 Å². The average molecular weight is 403 g/mol. The van der Waals surface area contributed by atoms with E-state index in [1.807, 2.05) is 20.8 Å². The largest absolute Gasteiger partial charge is 0.373 e. The second-order valence-electron chi connectivity index (χ2n) is 8.36. The molecule has 1 amide bonds. The van der Waals surface area contributed by atoms with Gasteiger partial charge in [-0.25, -0.2) is 9.97 Å². The van der Waals surface area contributed by atoms with Crippen LogP contribution in [0.15, 0.2) is 0 Å². The third-order valence-corrected chi connectivity index (χ3v) is 7.05. The van der Waals surface area contributed by atoms with E-state index >= 15 is 0 Å². The second kappa shape index (κ2) is 7.69. The molecule has 7 heteroatoms. The molecule has 0 saturated carbocycles. The van der Waals surface area contributed by atoms with E-state index in [9.17, 15) is 4.79 Å².